The normalized spacial score (nSPS) is 17.6. The van der Waals surface area contributed by atoms with Gasteiger partial charge in [-0.3, -0.25) is 0 Å². The Bertz CT molecular complexity index is 576. The van der Waals surface area contributed by atoms with E-state index in [1.54, 1.807) is 11.8 Å². The lowest BCUT2D eigenvalue weighted by Crippen LogP contribution is -2.29. The molecular formula is C15H20N4S. The van der Waals surface area contributed by atoms with E-state index >= 15 is 0 Å². The smallest absolute Gasteiger partial charge is 0.210 e. The van der Waals surface area contributed by atoms with Crippen LogP contribution in [0.1, 0.15) is 43.3 Å². The zero-order valence-corrected chi connectivity index (χ0v) is 12.8. The van der Waals surface area contributed by atoms with Gasteiger partial charge < -0.3 is 5.43 Å². The van der Waals surface area contributed by atoms with Crippen LogP contribution in [0.2, 0.25) is 0 Å². The molecule has 1 atom stereocenters. The molecule has 1 aliphatic heterocycles. The Morgan fingerprint density at radius 3 is 2.75 bits per heavy atom. The monoisotopic (exact) mass is 288 g/mol. The number of benzene rings is 1. The number of hydrogen-bond acceptors (Lipinski definition) is 4. The van der Waals surface area contributed by atoms with Gasteiger partial charge in [0, 0.05) is 12.2 Å². The summed E-state index contributed by atoms with van der Waals surface area (Å²) in [5.74, 6) is 2.03. The summed E-state index contributed by atoms with van der Waals surface area (Å²) < 4.78 is 2.07. The fourth-order valence-electron chi connectivity index (χ4n) is 2.42. The highest BCUT2D eigenvalue weighted by Crippen LogP contribution is 2.30. The maximum Gasteiger partial charge on any atom is 0.210 e. The quantitative estimate of drug-likeness (QED) is 0.938. The molecule has 1 aliphatic rings. The molecule has 4 nitrogen and oxygen atoms in total. The third-order valence-electron chi connectivity index (χ3n) is 3.63. The number of hydrogen-bond donors (Lipinski definition) is 1. The number of nitrogens with zero attached hydrogens (tertiary/aromatic N) is 3. The van der Waals surface area contributed by atoms with Crippen LogP contribution < -0.4 is 5.43 Å². The van der Waals surface area contributed by atoms with Crippen molar-refractivity contribution in [3.05, 3.63) is 41.2 Å². The Morgan fingerprint density at radius 1 is 1.25 bits per heavy atom. The summed E-state index contributed by atoms with van der Waals surface area (Å²) in [7, 11) is 0. The maximum absolute atomic E-state index is 4.27. The molecule has 2 aromatic rings. The van der Waals surface area contributed by atoms with Crippen molar-refractivity contribution in [2.45, 2.75) is 44.3 Å². The van der Waals surface area contributed by atoms with Crippen molar-refractivity contribution in [3.8, 4) is 0 Å². The van der Waals surface area contributed by atoms with Crippen molar-refractivity contribution >= 4 is 11.8 Å². The van der Waals surface area contributed by atoms with E-state index < -0.39 is 0 Å². The number of aromatic nitrogens is 3. The van der Waals surface area contributed by atoms with Gasteiger partial charge in [-0.25, -0.2) is 4.68 Å². The summed E-state index contributed by atoms with van der Waals surface area (Å²) in [4.78, 5) is 0. The SMILES string of the molecule is CCCc1nnc2n1NC(c1ccc(CC)cc1)CS2. The van der Waals surface area contributed by atoms with Gasteiger partial charge in [0.2, 0.25) is 5.16 Å². The minimum atomic E-state index is 0.324. The Morgan fingerprint density at radius 2 is 2.05 bits per heavy atom. The molecule has 1 aromatic heterocycles. The molecule has 1 aromatic carbocycles. The molecule has 5 heteroatoms. The van der Waals surface area contributed by atoms with E-state index in [1.165, 1.54) is 11.1 Å². The molecule has 0 saturated heterocycles. The number of fused-ring (bicyclic) bond motifs is 1. The highest BCUT2D eigenvalue weighted by molar-refractivity contribution is 7.99. The second kappa shape index (κ2) is 5.87. The van der Waals surface area contributed by atoms with E-state index in [-0.39, 0.29) is 0 Å². The average molecular weight is 288 g/mol. The van der Waals surface area contributed by atoms with E-state index in [0.29, 0.717) is 6.04 Å². The molecule has 0 fully saturated rings. The minimum Gasteiger partial charge on any atom is -0.314 e. The van der Waals surface area contributed by atoms with Gasteiger partial charge in [0.25, 0.3) is 0 Å². The van der Waals surface area contributed by atoms with Crippen molar-refractivity contribution < 1.29 is 0 Å². The lowest BCUT2D eigenvalue weighted by Gasteiger charge is -2.26. The van der Waals surface area contributed by atoms with Crippen LogP contribution in [0.5, 0.6) is 0 Å². The molecule has 0 saturated carbocycles. The Kier molecular flexibility index (Phi) is 3.96. The minimum absolute atomic E-state index is 0.324. The Labute approximate surface area is 124 Å². The summed E-state index contributed by atoms with van der Waals surface area (Å²) in [5, 5.41) is 9.50. The van der Waals surface area contributed by atoms with E-state index in [4.69, 9.17) is 0 Å². The molecule has 0 aliphatic carbocycles. The van der Waals surface area contributed by atoms with Crippen LogP contribution in [0.25, 0.3) is 0 Å². The Hall–Kier alpha value is -1.49. The first-order chi connectivity index (χ1) is 9.81. The van der Waals surface area contributed by atoms with Crippen LogP contribution in [-0.4, -0.2) is 20.6 Å². The molecule has 2 heterocycles. The van der Waals surface area contributed by atoms with Gasteiger partial charge in [-0.2, -0.15) is 0 Å². The van der Waals surface area contributed by atoms with Gasteiger partial charge in [0.15, 0.2) is 5.82 Å². The first-order valence-corrected chi connectivity index (χ1v) is 8.22. The van der Waals surface area contributed by atoms with Crippen LogP contribution in [0, 0.1) is 0 Å². The zero-order chi connectivity index (χ0) is 13.9. The number of thioether (sulfide) groups is 1. The van der Waals surface area contributed by atoms with E-state index in [9.17, 15) is 0 Å². The van der Waals surface area contributed by atoms with E-state index in [2.05, 4.69) is 58.4 Å². The van der Waals surface area contributed by atoms with Gasteiger partial charge in [-0.15, -0.1) is 10.2 Å². The summed E-state index contributed by atoms with van der Waals surface area (Å²) >= 11 is 1.78. The van der Waals surface area contributed by atoms with Crippen molar-refractivity contribution in [3.63, 3.8) is 0 Å². The molecule has 20 heavy (non-hydrogen) atoms. The fourth-order valence-corrected chi connectivity index (χ4v) is 3.38. The number of rotatable bonds is 4. The van der Waals surface area contributed by atoms with Gasteiger partial charge in [0.05, 0.1) is 6.04 Å². The summed E-state index contributed by atoms with van der Waals surface area (Å²) in [6.07, 6.45) is 3.13. The van der Waals surface area contributed by atoms with Gasteiger partial charge in [-0.05, 0) is 24.0 Å². The van der Waals surface area contributed by atoms with Gasteiger partial charge in [0.1, 0.15) is 0 Å². The van der Waals surface area contributed by atoms with Crippen LogP contribution in [0.4, 0.5) is 0 Å². The number of nitrogens with one attached hydrogen (secondary N) is 1. The maximum atomic E-state index is 4.27. The molecule has 0 radical (unpaired) electrons. The van der Waals surface area contributed by atoms with Gasteiger partial charge in [-0.1, -0.05) is 49.9 Å². The van der Waals surface area contributed by atoms with Crippen LogP contribution in [0.15, 0.2) is 29.4 Å². The molecular weight excluding hydrogens is 268 g/mol. The van der Waals surface area contributed by atoms with E-state index in [0.717, 1.165) is 36.0 Å². The molecule has 1 N–H and O–H groups in total. The lowest BCUT2D eigenvalue weighted by atomic mass is 10.1. The third kappa shape index (κ3) is 2.54. The zero-order valence-electron chi connectivity index (χ0n) is 12.0. The van der Waals surface area contributed by atoms with Crippen LogP contribution >= 0.6 is 11.8 Å². The molecule has 106 valence electrons. The summed E-state index contributed by atoms with van der Waals surface area (Å²) in [6.45, 7) is 4.35. The molecule has 0 spiro atoms. The van der Waals surface area contributed by atoms with Crippen molar-refractivity contribution in [2.75, 3.05) is 11.2 Å². The standard InChI is InChI=1S/C15H20N4S/c1-3-5-14-16-17-15-19(14)18-13(10-20-15)12-8-6-11(4-2)7-9-12/h6-9,13,18H,3-5,10H2,1-2H3. The summed E-state index contributed by atoms with van der Waals surface area (Å²) in [5.41, 5.74) is 6.27. The first-order valence-electron chi connectivity index (χ1n) is 7.24. The summed E-state index contributed by atoms with van der Waals surface area (Å²) in [6, 6.07) is 9.22. The van der Waals surface area contributed by atoms with Crippen molar-refractivity contribution in [2.24, 2.45) is 0 Å². The lowest BCUT2D eigenvalue weighted by molar-refractivity contribution is 0.627. The van der Waals surface area contributed by atoms with Crippen LogP contribution in [0.3, 0.4) is 0 Å². The third-order valence-corrected chi connectivity index (χ3v) is 4.65. The molecule has 1 unspecified atom stereocenters. The van der Waals surface area contributed by atoms with Crippen LogP contribution in [-0.2, 0) is 12.8 Å². The predicted octanol–water partition coefficient (Wildman–Crippen LogP) is 3.18. The molecule has 3 rings (SSSR count). The predicted molar refractivity (Wildman–Crippen MR) is 82.7 cm³/mol. The first kappa shape index (κ1) is 13.5. The highest BCUT2D eigenvalue weighted by atomic mass is 32.2. The topological polar surface area (TPSA) is 42.7 Å². The second-order valence-corrected chi connectivity index (χ2v) is 6.06. The largest absolute Gasteiger partial charge is 0.314 e. The van der Waals surface area contributed by atoms with Crippen molar-refractivity contribution in [1.29, 1.82) is 0 Å². The fraction of sp³-hybridized carbons (Fsp3) is 0.467. The van der Waals surface area contributed by atoms with E-state index in [1.807, 2.05) is 0 Å². The average Bonchev–Trinajstić information content (AvgIpc) is 2.90. The molecule has 0 amide bonds. The number of aryl methyl sites for hydroxylation is 2. The Balaban J connectivity index is 1.81. The van der Waals surface area contributed by atoms with Crippen molar-refractivity contribution in [1.82, 2.24) is 14.9 Å². The van der Waals surface area contributed by atoms with Gasteiger partial charge >= 0.3 is 0 Å². The second-order valence-electron chi connectivity index (χ2n) is 5.07. The molecule has 0 bridgehead atoms. The highest BCUT2D eigenvalue weighted by Gasteiger charge is 2.23.